The second kappa shape index (κ2) is 3.99. The Labute approximate surface area is 88.3 Å². The van der Waals surface area contributed by atoms with Gasteiger partial charge in [-0.1, -0.05) is 0 Å². The van der Waals surface area contributed by atoms with E-state index in [4.69, 9.17) is 0 Å². The van der Waals surface area contributed by atoms with Crippen LogP contribution in [-0.4, -0.2) is 32.0 Å². The van der Waals surface area contributed by atoms with Crippen LogP contribution in [0.2, 0.25) is 0 Å². The number of halogens is 3. The number of carbonyl (C=O) groups is 2. The predicted molar refractivity (Wildman–Crippen MR) is 45.2 cm³/mol. The van der Waals surface area contributed by atoms with Crippen molar-refractivity contribution in [2.75, 3.05) is 14.2 Å². The molecule has 0 saturated heterocycles. The van der Waals surface area contributed by atoms with Gasteiger partial charge in [-0.2, -0.15) is 13.2 Å². The highest BCUT2D eigenvalue weighted by atomic mass is 19.4. The lowest BCUT2D eigenvalue weighted by molar-refractivity contribution is -0.132. The summed E-state index contributed by atoms with van der Waals surface area (Å²) in [6, 6.07) is 0. The molecule has 0 atom stereocenters. The van der Waals surface area contributed by atoms with Crippen molar-refractivity contribution in [3.8, 4) is 0 Å². The van der Waals surface area contributed by atoms with Crippen LogP contribution in [0.3, 0.4) is 0 Å². The fourth-order valence-corrected chi connectivity index (χ4v) is 1.19. The van der Waals surface area contributed by atoms with Crippen molar-refractivity contribution in [3.05, 3.63) is 23.2 Å². The lowest BCUT2D eigenvalue weighted by Gasteiger charge is -2.18. The SMILES string of the molecule is COC1=C(OC)C(=O)C(C(F)(F)F)=CC1=O. The van der Waals surface area contributed by atoms with E-state index in [1.807, 2.05) is 0 Å². The predicted octanol–water partition coefficient (Wildman–Crippen LogP) is 1.13. The highest BCUT2D eigenvalue weighted by Crippen LogP contribution is 2.32. The summed E-state index contributed by atoms with van der Waals surface area (Å²) in [5.41, 5.74) is -1.56. The number of alkyl halides is 3. The molecule has 0 aromatic carbocycles. The maximum Gasteiger partial charge on any atom is 0.420 e. The average Bonchev–Trinajstić information content (AvgIpc) is 2.18. The van der Waals surface area contributed by atoms with Gasteiger partial charge in [0.05, 0.1) is 14.2 Å². The second-order valence-electron chi connectivity index (χ2n) is 2.82. The third-order valence-electron chi connectivity index (χ3n) is 1.87. The molecule has 0 saturated carbocycles. The molecular formula is C9H7F3O4. The molecule has 88 valence electrons. The van der Waals surface area contributed by atoms with E-state index in [-0.39, 0.29) is 6.08 Å². The molecule has 0 N–H and O–H groups in total. The Kier molecular flexibility index (Phi) is 3.06. The zero-order valence-corrected chi connectivity index (χ0v) is 8.34. The third-order valence-corrected chi connectivity index (χ3v) is 1.87. The molecule has 4 nitrogen and oxygen atoms in total. The van der Waals surface area contributed by atoms with E-state index in [0.717, 1.165) is 14.2 Å². The summed E-state index contributed by atoms with van der Waals surface area (Å²) in [5, 5.41) is 0. The highest BCUT2D eigenvalue weighted by Gasteiger charge is 2.45. The summed E-state index contributed by atoms with van der Waals surface area (Å²) in [5.74, 6) is -3.72. The number of Topliss-reactive ketones (excluding diaryl/α,β-unsaturated/α-hetero) is 1. The number of allylic oxidation sites excluding steroid dienone is 2. The Morgan fingerprint density at radius 2 is 1.56 bits per heavy atom. The van der Waals surface area contributed by atoms with Gasteiger partial charge in [0.2, 0.25) is 23.1 Å². The van der Waals surface area contributed by atoms with Crippen molar-refractivity contribution in [1.29, 1.82) is 0 Å². The van der Waals surface area contributed by atoms with Gasteiger partial charge in [0.15, 0.2) is 0 Å². The number of methoxy groups -OCH3 is 2. The zero-order valence-electron chi connectivity index (χ0n) is 8.34. The maximum atomic E-state index is 12.3. The molecule has 0 spiro atoms. The fourth-order valence-electron chi connectivity index (χ4n) is 1.19. The van der Waals surface area contributed by atoms with Crippen LogP contribution in [0, 0.1) is 0 Å². The van der Waals surface area contributed by atoms with E-state index < -0.39 is 34.8 Å². The van der Waals surface area contributed by atoms with Gasteiger partial charge in [-0.3, -0.25) is 9.59 Å². The molecule has 0 radical (unpaired) electrons. The molecule has 1 aliphatic carbocycles. The maximum absolute atomic E-state index is 12.3. The van der Waals surface area contributed by atoms with Crippen molar-refractivity contribution >= 4 is 11.6 Å². The first-order chi connectivity index (χ1) is 7.32. The van der Waals surface area contributed by atoms with Crippen LogP contribution in [0.25, 0.3) is 0 Å². The van der Waals surface area contributed by atoms with Crippen LogP contribution >= 0.6 is 0 Å². The second-order valence-corrected chi connectivity index (χ2v) is 2.82. The summed E-state index contributed by atoms with van der Waals surface area (Å²) in [6.07, 6.45) is -4.69. The minimum absolute atomic E-state index is 0.198. The van der Waals surface area contributed by atoms with Crippen molar-refractivity contribution in [2.24, 2.45) is 0 Å². The van der Waals surface area contributed by atoms with Crippen LogP contribution in [-0.2, 0) is 19.1 Å². The van der Waals surface area contributed by atoms with E-state index in [9.17, 15) is 22.8 Å². The molecule has 1 rings (SSSR count). The fraction of sp³-hybridized carbons (Fsp3) is 0.333. The van der Waals surface area contributed by atoms with Crippen LogP contribution in [0.1, 0.15) is 0 Å². The molecule has 0 fully saturated rings. The van der Waals surface area contributed by atoms with Crippen molar-refractivity contribution in [1.82, 2.24) is 0 Å². The molecule has 0 amide bonds. The molecule has 0 aliphatic heterocycles. The van der Waals surface area contributed by atoms with Gasteiger partial charge in [0, 0.05) is 6.08 Å². The minimum Gasteiger partial charge on any atom is -0.490 e. The summed E-state index contributed by atoms with van der Waals surface area (Å²) in [4.78, 5) is 22.5. The van der Waals surface area contributed by atoms with Crippen molar-refractivity contribution in [3.63, 3.8) is 0 Å². The first-order valence-corrected chi connectivity index (χ1v) is 4.03. The van der Waals surface area contributed by atoms with Gasteiger partial charge in [-0.15, -0.1) is 0 Å². The average molecular weight is 236 g/mol. The summed E-state index contributed by atoms with van der Waals surface area (Å²) < 4.78 is 46.0. The lowest BCUT2D eigenvalue weighted by atomic mass is 10.00. The van der Waals surface area contributed by atoms with Gasteiger partial charge in [0.1, 0.15) is 5.57 Å². The highest BCUT2D eigenvalue weighted by molar-refractivity contribution is 6.21. The molecular weight excluding hydrogens is 229 g/mol. The Morgan fingerprint density at radius 1 is 1.06 bits per heavy atom. The molecule has 1 aliphatic rings. The molecule has 0 aromatic rings. The molecule has 7 heteroatoms. The number of carbonyl (C=O) groups excluding carboxylic acids is 2. The molecule has 16 heavy (non-hydrogen) atoms. The zero-order chi connectivity index (χ0) is 12.5. The number of ketones is 2. The Hall–Kier alpha value is -1.79. The Morgan fingerprint density at radius 3 is 1.94 bits per heavy atom. The minimum atomic E-state index is -4.89. The summed E-state index contributed by atoms with van der Waals surface area (Å²) in [7, 11) is 2.05. The third kappa shape index (κ3) is 1.93. The largest absolute Gasteiger partial charge is 0.490 e. The van der Waals surface area contributed by atoms with Gasteiger partial charge in [0.25, 0.3) is 0 Å². The Bertz CT molecular complexity index is 403. The van der Waals surface area contributed by atoms with E-state index >= 15 is 0 Å². The van der Waals surface area contributed by atoms with E-state index in [0.29, 0.717) is 0 Å². The molecule has 0 heterocycles. The first-order valence-electron chi connectivity index (χ1n) is 4.03. The first kappa shape index (κ1) is 12.3. The topological polar surface area (TPSA) is 52.6 Å². The van der Waals surface area contributed by atoms with Crippen LogP contribution in [0.5, 0.6) is 0 Å². The Balaban J connectivity index is 3.27. The van der Waals surface area contributed by atoms with E-state index in [2.05, 4.69) is 9.47 Å². The molecule has 0 unspecified atom stereocenters. The van der Waals surface area contributed by atoms with E-state index in [1.54, 1.807) is 0 Å². The van der Waals surface area contributed by atoms with Gasteiger partial charge >= 0.3 is 6.18 Å². The van der Waals surface area contributed by atoms with E-state index in [1.165, 1.54) is 0 Å². The summed E-state index contributed by atoms with van der Waals surface area (Å²) in [6.45, 7) is 0. The smallest absolute Gasteiger partial charge is 0.420 e. The summed E-state index contributed by atoms with van der Waals surface area (Å²) >= 11 is 0. The number of hydrogen-bond donors (Lipinski definition) is 0. The number of rotatable bonds is 2. The van der Waals surface area contributed by atoms with Crippen LogP contribution in [0.15, 0.2) is 23.2 Å². The quantitative estimate of drug-likeness (QED) is 0.674. The van der Waals surface area contributed by atoms with Crippen LogP contribution in [0.4, 0.5) is 13.2 Å². The van der Waals surface area contributed by atoms with Crippen LogP contribution < -0.4 is 0 Å². The van der Waals surface area contributed by atoms with Gasteiger partial charge in [-0.05, 0) is 0 Å². The van der Waals surface area contributed by atoms with Crippen molar-refractivity contribution in [2.45, 2.75) is 6.18 Å². The number of hydrogen-bond acceptors (Lipinski definition) is 4. The normalized spacial score (nSPS) is 17.4. The molecule has 0 bridgehead atoms. The van der Waals surface area contributed by atoms with Gasteiger partial charge < -0.3 is 9.47 Å². The molecule has 0 aromatic heterocycles. The van der Waals surface area contributed by atoms with Gasteiger partial charge in [-0.25, -0.2) is 0 Å². The monoisotopic (exact) mass is 236 g/mol. The van der Waals surface area contributed by atoms with Crippen molar-refractivity contribution < 1.29 is 32.2 Å². The number of ether oxygens (including phenoxy) is 2. The lowest BCUT2D eigenvalue weighted by Crippen LogP contribution is -2.29. The standard InChI is InChI=1S/C9H7F3O4/c1-15-7-5(13)3-4(9(10,11)12)6(14)8(7)16-2/h3H,1-2H3.